The molecule has 2 aromatic rings. The fraction of sp³-hybridized carbons (Fsp3) is 0.0833. The molecule has 0 spiro atoms. The first-order chi connectivity index (χ1) is 9.68. The van der Waals surface area contributed by atoms with Gasteiger partial charge in [-0.05, 0) is 34.1 Å². The zero-order chi connectivity index (χ0) is 15.8. The van der Waals surface area contributed by atoms with Crippen molar-refractivity contribution in [3.05, 3.63) is 45.3 Å². The van der Waals surface area contributed by atoms with Gasteiger partial charge >= 0.3 is 6.18 Å². The highest BCUT2D eigenvalue weighted by atomic mass is 79.9. The van der Waals surface area contributed by atoms with Crippen LogP contribution in [-0.2, 0) is 6.18 Å². The van der Waals surface area contributed by atoms with Gasteiger partial charge in [-0.25, -0.2) is 9.37 Å². The minimum Gasteiger partial charge on any atom is -0.396 e. The van der Waals surface area contributed by atoms with Gasteiger partial charge in [0.05, 0.1) is 16.3 Å². The van der Waals surface area contributed by atoms with Gasteiger partial charge in [-0.2, -0.15) is 13.2 Å². The van der Waals surface area contributed by atoms with E-state index in [-0.39, 0.29) is 15.7 Å². The lowest BCUT2D eigenvalue weighted by atomic mass is 10.3. The molecule has 21 heavy (non-hydrogen) atoms. The lowest BCUT2D eigenvalue weighted by Gasteiger charge is -2.10. The van der Waals surface area contributed by atoms with Gasteiger partial charge in [0.1, 0.15) is 10.8 Å². The van der Waals surface area contributed by atoms with Gasteiger partial charge in [-0.3, -0.25) is 0 Å². The number of hydrogen-bond donors (Lipinski definition) is 1. The Morgan fingerprint density at radius 2 is 1.90 bits per heavy atom. The summed E-state index contributed by atoms with van der Waals surface area (Å²) in [5.41, 5.74) is 4.41. The van der Waals surface area contributed by atoms with E-state index in [2.05, 4.69) is 20.9 Å². The summed E-state index contributed by atoms with van der Waals surface area (Å²) >= 11 is 9.91. The van der Waals surface area contributed by atoms with E-state index in [0.717, 1.165) is 23.9 Å². The van der Waals surface area contributed by atoms with Crippen LogP contribution in [0.5, 0.6) is 0 Å². The van der Waals surface area contributed by atoms with E-state index in [1.165, 1.54) is 6.07 Å². The molecule has 112 valence electrons. The molecule has 0 fully saturated rings. The van der Waals surface area contributed by atoms with Crippen LogP contribution in [0.15, 0.2) is 38.8 Å². The van der Waals surface area contributed by atoms with Crippen molar-refractivity contribution < 1.29 is 17.6 Å². The van der Waals surface area contributed by atoms with E-state index in [1.54, 1.807) is 0 Å². The van der Waals surface area contributed by atoms with E-state index >= 15 is 0 Å². The number of aromatic nitrogens is 1. The molecule has 0 bridgehead atoms. The number of pyridine rings is 1. The average Bonchev–Trinajstić information content (AvgIpc) is 2.36. The number of nitrogens with two attached hydrogens (primary N) is 1. The maximum atomic E-state index is 13.4. The standard InChI is InChI=1S/C12H6BrClF4N2S/c13-6-2-9(19)8(15)3-10(6)21-11-7(14)1-5(4-20-11)12(16,17)18/h1-4H,19H2. The van der Waals surface area contributed by atoms with Crippen molar-refractivity contribution >= 4 is 45.0 Å². The maximum Gasteiger partial charge on any atom is 0.417 e. The van der Waals surface area contributed by atoms with Crippen LogP contribution in [-0.4, -0.2) is 4.98 Å². The Morgan fingerprint density at radius 3 is 2.48 bits per heavy atom. The molecule has 0 unspecified atom stereocenters. The molecule has 2 rings (SSSR count). The number of benzene rings is 1. The van der Waals surface area contributed by atoms with Gasteiger partial charge in [0.2, 0.25) is 0 Å². The Hall–Kier alpha value is -0.990. The second-order valence-electron chi connectivity index (χ2n) is 3.91. The highest BCUT2D eigenvalue weighted by molar-refractivity contribution is 9.10. The van der Waals surface area contributed by atoms with Crippen molar-refractivity contribution in [3.8, 4) is 0 Å². The summed E-state index contributed by atoms with van der Waals surface area (Å²) < 4.78 is 51.4. The van der Waals surface area contributed by atoms with Crippen molar-refractivity contribution in [1.82, 2.24) is 4.98 Å². The van der Waals surface area contributed by atoms with Gasteiger partial charge in [0.15, 0.2) is 0 Å². The van der Waals surface area contributed by atoms with Gasteiger partial charge in [0, 0.05) is 15.6 Å². The Kier molecular flexibility index (Phi) is 4.69. The lowest BCUT2D eigenvalue weighted by molar-refractivity contribution is -0.137. The monoisotopic (exact) mass is 400 g/mol. The van der Waals surface area contributed by atoms with Crippen LogP contribution in [0, 0.1) is 5.82 Å². The first-order valence-electron chi connectivity index (χ1n) is 5.33. The number of hydrogen-bond acceptors (Lipinski definition) is 3. The van der Waals surface area contributed by atoms with Gasteiger partial charge in [-0.15, -0.1) is 0 Å². The Morgan fingerprint density at radius 1 is 1.24 bits per heavy atom. The fourth-order valence-corrected chi connectivity index (χ4v) is 3.06. The molecule has 9 heteroatoms. The van der Waals surface area contributed by atoms with Crippen LogP contribution in [0.1, 0.15) is 5.56 Å². The minimum atomic E-state index is -4.52. The zero-order valence-corrected chi connectivity index (χ0v) is 13.2. The number of nitrogen functional groups attached to an aromatic ring is 1. The van der Waals surface area contributed by atoms with Crippen molar-refractivity contribution in [1.29, 1.82) is 0 Å². The number of alkyl halides is 3. The average molecular weight is 402 g/mol. The number of rotatable bonds is 2. The van der Waals surface area contributed by atoms with Crippen LogP contribution in [0.3, 0.4) is 0 Å². The molecule has 0 radical (unpaired) electrons. The molecule has 1 aromatic carbocycles. The first-order valence-corrected chi connectivity index (χ1v) is 7.32. The predicted molar refractivity (Wildman–Crippen MR) is 76.9 cm³/mol. The molecule has 2 nitrogen and oxygen atoms in total. The van der Waals surface area contributed by atoms with Gasteiger partial charge in [-0.1, -0.05) is 23.4 Å². The van der Waals surface area contributed by atoms with E-state index in [1.807, 2.05) is 0 Å². The van der Waals surface area contributed by atoms with Crippen LogP contribution in [0.4, 0.5) is 23.2 Å². The van der Waals surface area contributed by atoms with E-state index < -0.39 is 17.6 Å². The van der Waals surface area contributed by atoms with Crippen LogP contribution in [0.2, 0.25) is 5.02 Å². The molecular weight excluding hydrogens is 396 g/mol. The predicted octanol–water partition coefficient (Wildman–Crippen LogP) is 5.39. The largest absolute Gasteiger partial charge is 0.417 e. The summed E-state index contributed by atoms with van der Waals surface area (Å²) in [4.78, 5) is 4.07. The molecule has 1 heterocycles. The third-order valence-corrected chi connectivity index (χ3v) is 4.79. The molecule has 0 saturated carbocycles. The smallest absolute Gasteiger partial charge is 0.396 e. The van der Waals surface area contributed by atoms with E-state index in [4.69, 9.17) is 17.3 Å². The van der Waals surface area contributed by atoms with Crippen LogP contribution >= 0.6 is 39.3 Å². The molecule has 1 aromatic heterocycles. The topological polar surface area (TPSA) is 38.9 Å². The number of halogens is 6. The third kappa shape index (κ3) is 3.81. The second kappa shape index (κ2) is 6.02. The summed E-state index contributed by atoms with van der Waals surface area (Å²) in [7, 11) is 0. The Bertz CT molecular complexity index is 694. The second-order valence-corrected chi connectivity index (χ2v) is 6.21. The summed E-state index contributed by atoms with van der Waals surface area (Å²) in [6.45, 7) is 0. The zero-order valence-electron chi connectivity index (χ0n) is 10.0. The third-order valence-electron chi connectivity index (χ3n) is 2.39. The molecular formula is C12H6BrClF4N2S. The lowest BCUT2D eigenvalue weighted by Crippen LogP contribution is -2.05. The summed E-state index contributed by atoms with van der Waals surface area (Å²) in [5.74, 6) is -0.635. The number of anilines is 1. The van der Waals surface area contributed by atoms with Crippen LogP contribution < -0.4 is 5.73 Å². The van der Waals surface area contributed by atoms with Crippen molar-refractivity contribution in [2.75, 3.05) is 5.73 Å². The van der Waals surface area contributed by atoms with Gasteiger partial charge in [0.25, 0.3) is 0 Å². The fourth-order valence-electron chi connectivity index (χ4n) is 1.38. The van der Waals surface area contributed by atoms with Crippen molar-refractivity contribution in [3.63, 3.8) is 0 Å². The summed E-state index contributed by atoms with van der Waals surface area (Å²) in [6, 6.07) is 3.29. The van der Waals surface area contributed by atoms with Gasteiger partial charge < -0.3 is 5.73 Å². The van der Waals surface area contributed by atoms with E-state index in [0.29, 0.717) is 15.6 Å². The van der Waals surface area contributed by atoms with Crippen molar-refractivity contribution in [2.45, 2.75) is 16.1 Å². The minimum absolute atomic E-state index is 0.0438. The highest BCUT2D eigenvalue weighted by Gasteiger charge is 2.31. The molecule has 2 N–H and O–H groups in total. The first kappa shape index (κ1) is 16.4. The quantitative estimate of drug-likeness (QED) is 0.542. The van der Waals surface area contributed by atoms with Crippen LogP contribution in [0.25, 0.3) is 0 Å². The molecule has 0 aliphatic carbocycles. The molecule has 0 atom stereocenters. The van der Waals surface area contributed by atoms with Crippen molar-refractivity contribution in [2.24, 2.45) is 0 Å². The Labute approximate surface area is 134 Å². The Balaban J connectivity index is 2.35. The molecule has 0 aliphatic heterocycles. The SMILES string of the molecule is Nc1cc(Br)c(Sc2ncc(C(F)(F)F)cc2Cl)cc1F. The summed E-state index contributed by atoms with van der Waals surface area (Å²) in [6.07, 6.45) is -3.84. The maximum absolute atomic E-state index is 13.4. The highest BCUT2D eigenvalue weighted by Crippen LogP contribution is 2.39. The molecule has 0 saturated heterocycles. The summed E-state index contributed by atoms with van der Waals surface area (Å²) in [5, 5.41) is -0.0338. The number of nitrogens with zero attached hydrogens (tertiary/aromatic N) is 1. The van der Waals surface area contributed by atoms with E-state index in [9.17, 15) is 17.6 Å². The molecule has 0 amide bonds. The molecule has 0 aliphatic rings. The normalized spacial score (nSPS) is 11.7.